The van der Waals surface area contributed by atoms with Gasteiger partial charge in [-0.1, -0.05) is 0 Å². The highest BCUT2D eigenvalue weighted by Gasteiger charge is 2.27. The van der Waals surface area contributed by atoms with Crippen LogP contribution in [0.15, 0.2) is 0 Å². The van der Waals surface area contributed by atoms with Gasteiger partial charge in [0.25, 0.3) is 5.91 Å². The fourth-order valence-corrected chi connectivity index (χ4v) is 2.71. The van der Waals surface area contributed by atoms with Gasteiger partial charge in [0.05, 0.1) is 16.1 Å². The average molecular weight is 323 g/mol. The summed E-state index contributed by atoms with van der Waals surface area (Å²) in [5.41, 5.74) is 5.91. The molecular weight excluding hydrogens is 307 g/mol. The van der Waals surface area contributed by atoms with Gasteiger partial charge in [0, 0.05) is 26.9 Å². The van der Waals surface area contributed by atoms with Crippen molar-refractivity contribution in [3.05, 3.63) is 10.4 Å². The SMILES string of the molecule is CNC(=O)c1c(NCCCC(F)(F)F)sc(C(C)=O)c1N. The first-order valence-electron chi connectivity index (χ1n) is 6.13. The summed E-state index contributed by atoms with van der Waals surface area (Å²) in [5, 5.41) is 5.43. The van der Waals surface area contributed by atoms with Crippen LogP contribution in [0.4, 0.5) is 23.9 Å². The number of carbonyl (C=O) groups excluding carboxylic acids is 2. The Labute approximate surface area is 123 Å². The molecule has 1 aromatic rings. The van der Waals surface area contributed by atoms with E-state index >= 15 is 0 Å². The van der Waals surface area contributed by atoms with Crippen LogP contribution in [0.25, 0.3) is 0 Å². The molecule has 0 saturated heterocycles. The zero-order valence-corrected chi connectivity index (χ0v) is 12.4. The summed E-state index contributed by atoms with van der Waals surface area (Å²) in [5.74, 6) is -0.791. The number of halogens is 3. The number of alkyl halides is 3. The lowest BCUT2D eigenvalue weighted by Gasteiger charge is -2.08. The van der Waals surface area contributed by atoms with Crippen molar-refractivity contribution in [3.63, 3.8) is 0 Å². The normalized spacial score (nSPS) is 11.3. The number of rotatable bonds is 6. The monoisotopic (exact) mass is 323 g/mol. The highest BCUT2D eigenvalue weighted by molar-refractivity contribution is 7.19. The Hall–Kier alpha value is -1.77. The summed E-state index contributed by atoms with van der Waals surface area (Å²) >= 11 is 0.968. The van der Waals surface area contributed by atoms with Crippen molar-refractivity contribution in [1.82, 2.24) is 5.32 Å². The lowest BCUT2D eigenvalue weighted by Crippen LogP contribution is -2.20. The van der Waals surface area contributed by atoms with E-state index in [2.05, 4.69) is 10.6 Å². The molecule has 0 saturated carbocycles. The van der Waals surface area contributed by atoms with Crippen LogP contribution in [0.1, 0.15) is 39.8 Å². The van der Waals surface area contributed by atoms with E-state index in [0.29, 0.717) is 5.00 Å². The molecule has 0 unspecified atom stereocenters. The van der Waals surface area contributed by atoms with Gasteiger partial charge in [0.2, 0.25) is 0 Å². The van der Waals surface area contributed by atoms with Crippen molar-refractivity contribution in [1.29, 1.82) is 0 Å². The summed E-state index contributed by atoms with van der Waals surface area (Å²) in [6.45, 7) is 1.34. The van der Waals surface area contributed by atoms with Crippen LogP contribution in [0.3, 0.4) is 0 Å². The first kappa shape index (κ1) is 17.3. The van der Waals surface area contributed by atoms with Crippen molar-refractivity contribution < 1.29 is 22.8 Å². The molecule has 1 heterocycles. The van der Waals surface area contributed by atoms with Crippen LogP contribution in [-0.2, 0) is 0 Å². The number of ketones is 1. The third-order valence-corrected chi connectivity index (χ3v) is 3.91. The number of amides is 1. The number of nitrogens with two attached hydrogens (primary N) is 1. The summed E-state index contributed by atoms with van der Waals surface area (Å²) in [7, 11) is 1.40. The maximum atomic E-state index is 12.1. The van der Waals surface area contributed by atoms with E-state index in [0.717, 1.165) is 11.3 Å². The molecule has 0 aliphatic heterocycles. The maximum absolute atomic E-state index is 12.1. The van der Waals surface area contributed by atoms with Crippen LogP contribution < -0.4 is 16.4 Å². The highest BCUT2D eigenvalue weighted by Crippen LogP contribution is 2.36. The van der Waals surface area contributed by atoms with Crippen molar-refractivity contribution in [3.8, 4) is 0 Å². The fraction of sp³-hybridized carbons (Fsp3) is 0.500. The minimum absolute atomic E-state index is 0.0286. The summed E-state index contributed by atoms with van der Waals surface area (Å²) < 4.78 is 36.2. The molecule has 0 radical (unpaired) electrons. The summed E-state index contributed by atoms with van der Waals surface area (Å²) in [6, 6.07) is 0. The number of nitrogen functional groups attached to an aromatic ring is 1. The van der Waals surface area contributed by atoms with E-state index < -0.39 is 18.5 Å². The standard InChI is InChI=1S/C12H16F3N3O2S/c1-6(19)9-8(16)7(10(20)17-2)11(21-9)18-5-3-4-12(13,14)15/h18H,3-5,16H2,1-2H3,(H,17,20). The largest absolute Gasteiger partial charge is 0.397 e. The molecule has 0 fully saturated rings. The predicted molar refractivity (Wildman–Crippen MR) is 75.9 cm³/mol. The Morgan fingerprint density at radius 3 is 2.43 bits per heavy atom. The molecule has 0 atom stereocenters. The van der Waals surface area contributed by atoms with E-state index in [9.17, 15) is 22.8 Å². The molecule has 0 bridgehead atoms. The number of Topliss-reactive ketones (excluding diaryl/α,β-unsaturated/α-hetero) is 1. The van der Waals surface area contributed by atoms with Gasteiger partial charge in [-0.25, -0.2) is 0 Å². The highest BCUT2D eigenvalue weighted by atomic mass is 32.1. The zero-order chi connectivity index (χ0) is 16.2. The second-order valence-corrected chi connectivity index (χ2v) is 5.35. The lowest BCUT2D eigenvalue weighted by atomic mass is 10.2. The first-order valence-corrected chi connectivity index (χ1v) is 6.95. The molecule has 0 aromatic carbocycles. The topological polar surface area (TPSA) is 84.2 Å². The fourth-order valence-electron chi connectivity index (χ4n) is 1.67. The van der Waals surface area contributed by atoms with Crippen LogP contribution in [0.5, 0.6) is 0 Å². The molecule has 9 heteroatoms. The van der Waals surface area contributed by atoms with Gasteiger partial charge in [-0.2, -0.15) is 13.2 Å². The Bertz CT molecular complexity index is 541. The summed E-state index contributed by atoms with van der Waals surface area (Å²) in [4.78, 5) is 23.4. The predicted octanol–water partition coefficient (Wildman–Crippen LogP) is 2.65. The number of hydrogen-bond donors (Lipinski definition) is 3. The van der Waals surface area contributed by atoms with Crippen molar-refractivity contribution in [2.24, 2.45) is 0 Å². The van der Waals surface area contributed by atoms with Gasteiger partial charge in [-0.3, -0.25) is 9.59 Å². The molecule has 4 N–H and O–H groups in total. The van der Waals surface area contributed by atoms with E-state index in [1.54, 1.807) is 0 Å². The number of nitrogens with one attached hydrogen (secondary N) is 2. The molecule has 0 spiro atoms. The van der Waals surface area contributed by atoms with Gasteiger partial charge < -0.3 is 16.4 Å². The number of anilines is 2. The molecule has 1 aromatic heterocycles. The van der Waals surface area contributed by atoms with Crippen molar-refractivity contribution in [2.75, 3.05) is 24.6 Å². The Balaban J connectivity index is 2.88. The van der Waals surface area contributed by atoms with Crippen LogP contribution >= 0.6 is 11.3 Å². The minimum Gasteiger partial charge on any atom is -0.397 e. The van der Waals surface area contributed by atoms with Crippen LogP contribution in [0, 0.1) is 0 Å². The van der Waals surface area contributed by atoms with Crippen LogP contribution in [-0.4, -0.2) is 31.5 Å². The zero-order valence-electron chi connectivity index (χ0n) is 11.6. The molecule has 1 amide bonds. The smallest absolute Gasteiger partial charge is 0.389 e. The second kappa shape index (κ2) is 6.79. The molecule has 1 rings (SSSR count). The Morgan fingerprint density at radius 2 is 1.95 bits per heavy atom. The maximum Gasteiger partial charge on any atom is 0.389 e. The Kier molecular flexibility index (Phi) is 5.59. The average Bonchev–Trinajstić information content (AvgIpc) is 2.70. The van der Waals surface area contributed by atoms with Crippen LogP contribution in [0.2, 0.25) is 0 Å². The van der Waals surface area contributed by atoms with Gasteiger partial charge in [0.15, 0.2) is 5.78 Å². The minimum atomic E-state index is -4.22. The molecule has 118 valence electrons. The number of thiophene rings is 1. The number of hydrogen-bond acceptors (Lipinski definition) is 5. The van der Waals surface area contributed by atoms with E-state index in [1.165, 1.54) is 14.0 Å². The van der Waals surface area contributed by atoms with Crippen molar-refractivity contribution in [2.45, 2.75) is 25.9 Å². The number of carbonyl (C=O) groups is 2. The van der Waals surface area contributed by atoms with Gasteiger partial charge in [-0.05, 0) is 6.42 Å². The first-order chi connectivity index (χ1) is 9.67. The molecular formula is C12H16F3N3O2S. The van der Waals surface area contributed by atoms with Gasteiger partial charge >= 0.3 is 6.18 Å². The third-order valence-electron chi connectivity index (χ3n) is 2.64. The molecule has 21 heavy (non-hydrogen) atoms. The van der Waals surface area contributed by atoms with Gasteiger partial charge in [-0.15, -0.1) is 11.3 Å². The molecule has 0 aliphatic rings. The third kappa shape index (κ3) is 4.62. The second-order valence-electron chi connectivity index (χ2n) is 4.33. The van der Waals surface area contributed by atoms with E-state index in [-0.39, 0.29) is 34.9 Å². The van der Waals surface area contributed by atoms with Crippen molar-refractivity contribution >= 4 is 33.7 Å². The Morgan fingerprint density at radius 1 is 1.33 bits per heavy atom. The summed E-state index contributed by atoms with van der Waals surface area (Å²) in [6.07, 6.45) is -5.27. The van der Waals surface area contributed by atoms with Gasteiger partial charge in [0.1, 0.15) is 5.00 Å². The molecule has 5 nitrogen and oxygen atoms in total. The molecule has 0 aliphatic carbocycles. The quantitative estimate of drug-likeness (QED) is 0.555. The lowest BCUT2D eigenvalue weighted by molar-refractivity contribution is -0.134. The van der Waals surface area contributed by atoms with E-state index in [4.69, 9.17) is 5.73 Å². The van der Waals surface area contributed by atoms with E-state index in [1.807, 2.05) is 0 Å².